The van der Waals surface area contributed by atoms with Crippen LogP contribution < -0.4 is 16.6 Å². The third kappa shape index (κ3) is 4.53. The highest BCUT2D eigenvalue weighted by Gasteiger charge is 2.28. The van der Waals surface area contributed by atoms with Gasteiger partial charge < -0.3 is 11.1 Å². The molecule has 11 heteroatoms. The van der Waals surface area contributed by atoms with Crippen LogP contribution in [0.5, 0.6) is 0 Å². The average molecular weight is 461 g/mol. The van der Waals surface area contributed by atoms with E-state index >= 15 is 0 Å². The molecule has 0 aliphatic rings. The molecule has 0 spiro atoms. The van der Waals surface area contributed by atoms with Crippen LogP contribution in [0.2, 0.25) is 0 Å². The lowest BCUT2D eigenvalue weighted by Gasteiger charge is -2.16. The van der Waals surface area contributed by atoms with E-state index in [1.54, 1.807) is 0 Å². The number of alkyl halides is 3. The Balaban J connectivity index is 2.06. The lowest BCUT2D eigenvalue weighted by Crippen LogP contribution is -2.24. The lowest BCUT2D eigenvalue weighted by atomic mass is 10.0. The first-order valence-corrected chi connectivity index (χ1v) is 9.66. The van der Waals surface area contributed by atoms with Gasteiger partial charge in [-0.05, 0) is 42.0 Å². The number of benzene rings is 2. The van der Waals surface area contributed by atoms with E-state index in [2.05, 4.69) is 15.3 Å². The summed E-state index contributed by atoms with van der Waals surface area (Å²) in [5.74, 6) is -1.74. The number of pyridine rings is 1. The van der Waals surface area contributed by atoms with Gasteiger partial charge in [0, 0.05) is 23.6 Å². The van der Waals surface area contributed by atoms with Gasteiger partial charge in [-0.1, -0.05) is 12.1 Å². The summed E-state index contributed by atoms with van der Waals surface area (Å²) in [6.45, 7) is -1.53. The number of halogens is 5. The summed E-state index contributed by atoms with van der Waals surface area (Å²) < 4.78 is 67.7. The van der Waals surface area contributed by atoms with Gasteiger partial charge in [-0.25, -0.2) is 13.8 Å². The van der Waals surface area contributed by atoms with Crippen molar-refractivity contribution in [3.05, 3.63) is 82.1 Å². The Morgan fingerprint density at radius 2 is 1.76 bits per heavy atom. The van der Waals surface area contributed by atoms with Gasteiger partial charge in [-0.15, -0.1) is 0 Å². The molecule has 4 aromatic rings. The fourth-order valence-electron chi connectivity index (χ4n) is 3.41. The van der Waals surface area contributed by atoms with Crippen LogP contribution in [-0.2, 0) is 6.54 Å². The molecular weight excluding hydrogens is 445 g/mol. The zero-order valence-corrected chi connectivity index (χ0v) is 16.8. The van der Waals surface area contributed by atoms with Crippen LogP contribution in [0.3, 0.4) is 0 Å². The van der Waals surface area contributed by atoms with E-state index in [4.69, 9.17) is 5.73 Å². The summed E-state index contributed by atoms with van der Waals surface area (Å²) in [5, 5.41) is 2.32. The maximum absolute atomic E-state index is 14.5. The Morgan fingerprint density at radius 3 is 2.45 bits per heavy atom. The summed E-state index contributed by atoms with van der Waals surface area (Å²) in [5.41, 5.74) is 5.59. The van der Waals surface area contributed by atoms with Crippen LogP contribution in [0.4, 0.5) is 27.9 Å². The molecule has 0 aliphatic heterocycles. The van der Waals surface area contributed by atoms with E-state index in [1.807, 2.05) is 0 Å². The molecule has 170 valence electrons. The molecule has 0 saturated carbocycles. The largest absolute Gasteiger partial charge is 0.405 e. The standard InChI is InChI=1S/C22H16F5N5O/c23-13-5-6-14(12(9-13)10-28)19-15-7-8-18(33)32(17-4-2-1-3-16(17)24)20(15)31-21(30-19)29-11-22(25,26)27/h1-9H,10-11,28H2,(H,29,30,31). The molecule has 0 unspecified atom stereocenters. The Labute approximate surface area is 183 Å². The SMILES string of the molecule is NCc1cc(F)ccc1-c1nc(NCC(F)(F)F)nc2c1ccc(=O)n2-c1ccccc1F. The van der Waals surface area contributed by atoms with Crippen molar-refractivity contribution in [2.75, 3.05) is 11.9 Å². The third-order valence-corrected chi connectivity index (χ3v) is 4.83. The Kier molecular flexibility index (Phi) is 5.81. The number of nitrogens with two attached hydrogens (primary N) is 1. The number of anilines is 1. The normalized spacial score (nSPS) is 11.7. The van der Waals surface area contributed by atoms with Crippen molar-refractivity contribution in [2.24, 2.45) is 5.73 Å². The summed E-state index contributed by atoms with van der Waals surface area (Å²) in [7, 11) is 0. The molecule has 2 aromatic heterocycles. The number of para-hydroxylation sites is 1. The van der Waals surface area contributed by atoms with Crippen LogP contribution in [0.25, 0.3) is 28.0 Å². The molecule has 0 aliphatic carbocycles. The van der Waals surface area contributed by atoms with Crippen molar-refractivity contribution in [1.82, 2.24) is 14.5 Å². The van der Waals surface area contributed by atoms with Gasteiger partial charge in [-0.3, -0.25) is 9.36 Å². The Morgan fingerprint density at radius 1 is 1.00 bits per heavy atom. The molecule has 2 aromatic carbocycles. The average Bonchev–Trinajstić information content (AvgIpc) is 2.77. The maximum Gasteiger partial charge on any atom is 0.405 e. The quantitative estimate of drug-likeness (QED) is 0.436. The summed E-state index contributed by atoms with van der Waals surface area (Å²) in [6, 6.07) is 11.7. The van der Waals surface area contributed by atoms with E-state index < -0.39 is 35.9 Å². The first-order valence-electron chi connectivity index (χ1n) is 9.66. The number of hydrogen-bond donors (Lipinski definition) is 2. The second-order valence-electron chi connectivity index (χ2n) is 7.07. The van der Waals surface area contributed by atoms with Crippen LogP contribution in [0, 0.1) is 11.6 Å². The smallest absolute Gasteiger partial charge is 0.345 e. The van der Waals surface area contributed by atoms with Gasteiger partial charge in [0.25, 0.3) is 5.56 Å². The minimum atomic E-state index is -4.57. The van der Waals surface area contributed by atoms with Crippen LogP contribution >= 0.6 is 0 Å². The Bertz CT molecular complexity index is 1400. The Hall–Kier alpha value is -3.86. The van der Waals surface area contributed by atoms with E-state index in [-0.39, 0.29) is 29.0 Å². The summed E-state index contributed by atoms with van der Waals surface area (Å²) in [6.07, 6.45) is -4.57. The zero-order valence-electron chi connectivity index (χ0n) is 16.8. The third-order valence-electron chi connectivity index (χ3n) is 4.83. The van der Waals surface area contributed by atoms with Crippen LogP contribution in [0.15, 0.2) is 59.4 Å². The van der Waals surface area contributed by atoms with Gasteiger partial charge in [0.2, 0.25) is 5.95 Å². The topological polar surface area (TPSA) is 85.8 Å². The number of hydrogen-bond acceptors (Lipinski definition) is 5. The highest BCUT2D eigenvalue weighted by molar-refractivity contribution is 5.93. The zero-order chi connectivity index (χ0) is 23.8. The van der Waals surface area contributed by atoms with Gasteiger partial charge in [-0.2, -0.15) is 18.2 Å². The van der Waals surface area contributed by atoms with Crippen LogP contribution in [0.1, 0.15) is 5.56 Å². The monoisotopic (exact) mass is 461 g/mol. The predicted octanol–water partition coefficient (Wildman–Crippen LogP) is 4.16. The minimum absolute atomic E-state index is 0.0865. The van der Waals surface area contributed by atoms with Crippen LogP contribution in [-0.4, -0.2) is 27.3 Å². The van der Waals surface area contributed by atoms with Crippen molar-refractivity contribution in [3.8, 4) is 16.9 Å². The van der Waals surface area contributed by atoms with E-state index in [0.717, 1.165) is 22.8 Å². The molecule has 0 atom stereocenters. The second-order valence-corrected chi connectivity index (χ2v) is 7.07. The van der Waals surface area contributed by atoms with E-state index in [0.29, 0.717) is 11.1 Å². The number of nitrogens with one attached hydrogen (secondary N) is 1. The molecule has 33 heavy (non-hydrogen) atoms. The number of fused-ring (bicyclic) bond motifs is 1. The fourth-order valence-corrected chi connectivity index (χ4v) is 3.41. The van der Waals surface area contributed by atoms with Crippen molar-refractivity contribution in [2.45, 2.75) is 12.7 Å². The van der Waals surface area contributed by atoms with Crippen molar-refractivity contribution in [1.29, 1.82) is 0 Å². The molecule has 6 nitrogen and oxygen atoms in total. The number of nitrogens with zero attached hydrogens (tertiary/aromatic N) is 3. The molecule has 4 rings (SSSR count). The lowest BCUT2D eigenvalue weighted by molar-refractivity contribution is -0.115. The molecule has 0 saturated heterocycles. The van der Waals surface area contributed by atoms with Gasteiger partial charge in [0.05, 0.1) is 11.4 Å². The molecule has 0 amide bonds. The highest BCUT2D eigenvalue weighted by atomic mass is 19.4. The predicted molar refractivity (Wildman–Crippen MR) is 113 cm³/mol. The molecule has 0 radical (unpaired) electrons. The number of rotatable bonds is 5. The van der Waals surface area contributed by atoms with Crippen molar-refractivity contribution >= 4 is 17.0 Å². The summed E-state index contributed by atoms with van der Waals surface area (Å²) in [4.78, 5) is 21.0. The first kappa shape index (κ1) is 22.3. The molecule has 0 fully saturated rings. The fraction of sp³-hybridized carbons (Fsp3) is 0.136. The van der Waals surface area contributed by atoms with Crippen molar-refractivity contribution < 1.29 is 22.0 Å². The first-order chi connectivity index (χ1) is 15.7. The molecule has 3 N–H and O–H groups in total. The second kappa shape index (κ2) is 8.58. The van der Waals surface area contributed by atoms with E-state index in [1.165, 1.54) is 36.4 Å². The van der Waals surface area contributed by atoms with Crippen molar-refractivity contribution in [3.63, 3.8) is 0 Å². The van der Waals surface area contributed by atoms with E-state index in [9.17, 15) is 26.7 Å². The highest BCUT2D eigenvalue weighted by Crippen LogP contribution is 2.31. The maximum atomic E-state index is 14.5. The molecule has 2 heterocycles. The molecular formula is C22H16F5N5O. The van der Waals surface area contributed by atoms with Gasteiger partial charge >= 0.3 is 6.18 Å². The van der Waals surface area contributed by atoms with Gasteiger partial charge in [0.1, 0.15) is 18.2 Å². The minimum Gasteiger partial charge on any atom is -0.345 e. The molecule has 0 bridgehead atoms. The van der Waals surface area contributed by atoms with Gasteiger partial charge in [0.15, 0.2) is 5.65 Å². The number of aromatic nitrogens is 3. The summed E-state index contributed by atoms with van der Waals surface area (Å²) >= 11 is 0.